The van der Waals surface area contributed by atoms with Gasteiger partial charge in [0.2, 0.25) is 11.7 Å². The van der Waals surface area contributed by atoms with Crippen LogP contribution in [0.3, 0.4) is 0 Å². The molecule has 10 nitrogen and oxygen atoms in total. The van der Waals surface area contributed by atoms with E-state index in [1.165, 1.54) is 12.1 Å². The average molecular weight is 556 g/mol. The van der Waals surface area contributed by atoms with Gasteiger partial charge in [0.05, 0.1) is 16.1 Å². The van der Waals surface area contributed by atoms with Gasteiger partial charge in [-0.05, 0) is 67.8 Å². The van der Waals surface area contributed by atoms with Crippen molar-refractivity contribution in [1.29, 1.82) is 0 Å². The second kappa shape index (κ2) is 9.76. The lowest BCUT2D eigenvalue weighted by Crippen LogP contribution is -2.21. The summed E-state index contributed by atoms with van der Waals surface area (Å²) in [4.78, 5) is 16.9. The molecule has 1 fully saturated rings. The molecule has 0 unspecified atom stereocenters. The number of hydrogen-bond donors (Lipinski definition) is 2. The molecule has 0 spiro atoms. The average Bonchev–Trinajstić information content (AvgIpc) is 3.34. The molecule has 0 atom stereocenters. The molecule has 0 saturated heterocycles. The van der Waals surface area contributed by atoms with Gasteiger partial charge in [0.25, 0.3) is 15.9 Å². The van der Waals surface area contributed by atoms with E-state index in [-0.39, 0.29) is 27.9 Å². The molecule has 2 aromatic heterocycles. The first-order valence-electron chi connectivity index (χ1n) is 12.6. The van der Waals surface area contributed by atoms with Crippen LogP contribution in [0, 0.1) is 12.3 Å². The SMILES string of the molecule is Cc1onc(-c2nc(-c3ccc(S(=O)(=O)Nc4cccc(NC(=O)C5(C)CC5)c4)cc3)no2)c1-c1ccccc1. The Hall–Kier alpha value is -4.77. The molecule has 6 rings (SSSR count). The molecule has 0 aliphatic heterocycles. The zero-order valence-electron chi connectivity index (χ0n) is 21.7. The van der Waals surface area contributed by atoms with Gasteiger partial charge >= 0.3 is 0 Å². The minimum atomic E-state index is -3.89. The molecule has 2 N–H and O–H groups in total. The van der Waals surface area contributed by atoms with Crippen LogP contribution in [0.4, 0.5) is 11.4 Å². The van der Waals surface area contributed by atoms with Gasteiger partial charge in [0, 0.05) is 16.7 Å². The molecule has 5 aromatic rings. The Morgan fingerprint density at radius 2 is 1.60 bits per heavy atom. The summed E-state index contributed by atoms with van der Waals surface area (Å²) in [5.74, 6) is 1.02. The van der Waals surface area contributed by atoms with Crippen LogP contribution in [0.2, 0.25) is 0 Å². The summed E-state index contributed by atoms with van der Waals surface area (Å²) in [5.41, 5.74) is 3.18. The third-order valence-corrected chi connectivity index (χ3v) is 8.29. The summed E-state index contributed by atoms with van der Waals surface area (Å²) in [5, 5.41) is 11.0. The lowest BCUT2D eigenvalue weighted by atomic mass is 10.0. The lowest BCUT2D eigenvalue weighted by molar-refractivity contribution is -0.120. The Morgan fingerprint density at radius 3 is 2.33 bits per heavy atom. The topological polar surface area (TPSA) is 140 Å². The third kappa shape index (κ3) is 4.98. The molecule has 1 aliphatic rings. The number of amides is 1. The van der Waals surface area contributed by atoms with Gasteiger partial charge in [-0.15, -0.1) is 0 Å². The summed E-state index contributed by atoms with van der Waals surface area (Å²) in [6, 6.07) is 22.4. The van der Waals surface area contributed by atoms with E-state index < -0.39 is 10.0 Å². The zero-order chi connectivity index (χ0) is 27.9. The third-order valence-electron chi connectivity index (χ3n) is 6.90. The van der Waals surface area contributed by atoms with Gasteiger partial charge in [-0.1, -0.05) is 53.6 Å². The number of carbonyl (C=O) groups is 1. The zero-order valence-corrected chi connectivity index (χ0v) is 22.5. The maximum atomic E-state index is 13.0. The Bertz CT molecular complexity index is 1810. The van der Waals surface area contributed by atoms with Crippen molar-refractivity contribution < 1.29 is 22.3 Å². The second-order valence-corrected chi connectivity index (χ2v) is 11.7. The lowest BCUT2D eigenvalue weighted by Gasteiger charge is -2.12. The number of aryl methyl sites for hydroxylation is 1. The smallest absolute Gasteiger partial charge is 0.281 e. The van der Waals surface area contributed by atoms with Gasteiger partial charge in [0.15, 0.2) is 5.69 Å². The van der Waals surface area contributed by atoms with E-state index in [1.807, 2.05) is 44.2 Å². The first kappa shape index (κ1) is 25.5. The van der Waals surface area contributed by atoms with Crippen molar-refractivity contribution in [1.82, 2.24) is 15.3 Å². The second-order valence-electron chi connectivity index (χ2n) is 9.98. The number of nitrogens with zero attached hydrogens (tertiary/aromatic N) is 3. The van der Waals surface area contributed by atoms with Crippen molar-refractivity contribution in [3.8, 4) is 34.1 Å². The predicted octanol–water partition coefficient (Wildman–Crippen LogP) is 5.91. The van der Waals surface area contributed by atoms with Crippen LogP contribution < -0.4 is 10.0 Å². The first-order chi connectivity index (χ1) is 19.2. The van der Waals surface area contributed by atoms with Crippen LogP contribution in [0.5, 0.6) is 0 Å². The van der Waals surface area contributed by atoms with Crippen LogP contribution >= 0.6 is 0 Å². The number of aromatic nitrogens is 3. The van der Waals surface area contributed by atoms with E-state index in [0.717, 1.165) is 24.0 Å². The van der Waals surface area contributed by atoms with Crippen molar-refractivity contribution in [3.63, 3.8) is 0 Å². The van der Waals surface area contributed by atoms with Crippen LogP contribution in [-0.2, 0) is 14.8 Å². The van der Waals surface area contributed by atoms with Gasteiger partial charge in [-0.2, -0.15) is 4.98 Å². The molecular formula is C29H25N5O5S. The van der Waals surface area contributed by atoms with Gasteiger partial charge in [-0.3, -0.25) is 9.52 Å². The van der Waals surface area contributed by atoms with E-state index in [9.17, 15) is 13.2 Å². The number of sulfonamides is 1. The fourth-order valence-electron chi connectivity index (χ4n) is 4.25. The first-order valence-corrected chi connectivity index (χ1v) is 14.1. The highest BCUT2D eigenvalue weighted by molar-refractivity contribution is 7.92. The van der Waals surface area contributed by atoms with E-state index in [1.54, 1.807) is 36.4 Å². The van der Waals surface area contributed by atoms with E-state index in [4.69, 9.17) is 9.05 Å². The fourth-order valence-corrected chi connectivity index (χ4v) is 5.30. The summed E-state index contributed by atoms with van der Waals surface area (Å²) in [7, 11) is -3.89. The quantitative estimate of drug-likeness (QED) is 0.241. The predicted molar refractivity (Wildman–Crippen MR) is 149 cm³/mol. The largest absolute Gasteiger partial charge is 0.360 e. The monoisotopic (exact) mass is 555 g/mol. The number of nitrogens with one attached hydrogen (secondary N) is 2. The molecule has 0 radical (unpaired) electrons. The maximum absolute atomic E-state index is 13.0. The molecule has 1 saturated carbocycles. The van der Waals surface area contributed by atoms with Crippen molar-refractivity contribution in [3.05, 3.63) is 84.6 Å². The Morgan fingerprint density at radius 1 is 0.875 bits per heavy atom. The molecule has 2 heterocycles. The van der Waals surface area contributed by atoms with Crippen LogP contribution in [0.15, 0.2) is 92.8 Å². The van der Waals surface area contributed by atoms with Gasteiger partial charge < -0.3 is 14.4 Å². The Balaban J connectivity index is 1.19. The molecule has 11 heteroatoms. The maximum Gasteiger partial charge on any atom is 0.281 e. The molecular weight excluding hydrogens is 530 g/mol. The number of benzene rings is 3. The molecule has 3 aromatic carbocycles. The standard InChI is InChI=1S/C29H25N5O5S/c1-18-24(19-7-4-3-5-8-19)25(32-38-18)27-31-26(33-39-27)20-11-13-23(14-12-20)40(36,37)34-22-10-6-9-21(17-22)30-28(35)29(2)15-16-29/h3-14,17,34H,15-16H2,1-2H3,(H,30,35). The van der Waals surface area contributed by atoms with Crippen molar-refractivity contribution in [2.24, 2.45) is 5.41 Å². The molecule has 40 heavy (non-hydrogen) atoms. The minimum Gasteiger partial charge on any atom is -0.360 e. The van der Waals surface area contributed by atoms with Crippen molar-refractivity contribution in [2.45, 2.75) is 31.6 Å². The van der Waals surface area contributed by atoms with Gasteiger partial charge in [-0.25, -0.2) is 8.42 Å². The summed E-state index contributed by atoms with van der Waals surface area (Å²) >= 11 is 0. The summed E-state index contributed by atoms with van der Waals surface area (Å²) in [6.07, 6.45) is 1.70. The molecule has 1 aliphatic carbocycles. The van der Waals surface area contributed by atoms with E-state index in [0.29, 0.717) is 28.4 Å². The fraction of sp³-hybridized carbons (Fsp3) is 0.172. The van der Waals surface area contributed by atoms with Crippen molar-refractivity contribution in [2.75, 3.05) is 10.0 Å². The summed E-state index contributed by atoms with van der Waals surface area (Å²) < 4.78 is 39.5. The highest BCUT2D eigenvalue weighted by Gasteiger charge is 2.44. The number of hydrogen-bond acceptors (Lipinski definition) is 8. The normalized spacial score (nSPS) is 14.1. The van der Waals surface area contributed by atoms with Crippen molar-refractivity contribution >= 4 is 27.3 Å². The van der Waals surface area contributed by atoms with E-state index >= 15 is 0 Å². The highest BCUT2D eigenvalue weighted by atomic mass is 32.2. The Labute approximate surface area is 230 Å². The number of anilines is 2. The van der Waals surface area contributed by atoms with Crippen LogP contribution in [0.1, 0.15) is 25.5 Å². The minimum absolute atomic E-state index is 0.0541. The van der Waals surface area contributed by atoms with E-state index in [2.05, 4.69) is 25.3 Å². The highest BCUT2D eigenvalue weighted by Crippen LogP contribution is 2.45. The van der Waals surface area contributed by atoms with Gasteiger partial charge in [0.1, 0.15) is 5.76 Å². The van der Waals surface area contributed by atoms with Crippen LogP contribution in [0.25, 0.3) is 34.1 Å². The number of rotatable bonds is 8. The number of carbonyl (C=O) groups excluding carboxylic acids is 1. The molecule has 0 bridgehead atoms. The Kier molecular flexibility index (Phi) is 6.22. The summed E-state index contributed by atoms with van der Waals surface area (Å²) in [6.45, 7) is 3.72. The van der Waals surface area contributed by atoms with Crippen LogP contribution in [-0.4, -0.2) is 29.6 Å². The molecule has 1 amide bonds. The molecule has 202 valence electrons.